The molecule has 108 valence electrons. The van der Waals surface area contributed by atoms with Gasteiger partial charge in [-0.2, -0.15) is 0 Å². The Balaban J connectivity index is 1.86. The molecule has 1 aromatic carbocycles. The number of carbonyl (C=O) groups is 1. The van der Waals surface area contributed by atoms with Crippen molar-refractivity contribution in [3.8, 4) is 0 Å². The molecule has 0 aliphatic carbocycles. The van der Waals surface area contributed by atoms with Gasteiger partial charge in [-0.05, 0) is 46.8 Å². The Morgan fingerprint density at radius 2 is 2.30 bits per heavy atom. The SMILES string of the molecule is NC1C(=O)Nc2cc(N3CCC(CCO)C3)c(Br)cc21. The Morgan fingerprint density at radius 3 is 3.05 bits per heavy atom. The first-order chi connectivity index (χ1) is 9.60. The minimum atomic E-state index is -0.573. The van der Waals surface area contributed by atoms with Gasteiger partial charge in [-0.15, -0.1) is 0 Å². The first kappa shape index (κ1) is 13.9. The Bertz CT molecular complexity index is 549. The Labute approximate surface area is 126 Å². The number of aliphatic hydroxyl groups excluding tert-OH is 1. The number of nitrogens with two attached hydrogens (primary N) is 1. The zero-order valence-electron chi connectivity index (χ0n) is 11.1. The van der Waals surface area contributed by atoms with Crippen LogP contribution >= 0.6 is 15.9 Å². The lowest BCUT2D eigenvalue weighted by atomic mass is 10.1. The number of hydrogen-bond donors (Lipinski definition) is 3. The molecular formula is C14H18BrN3O2. The molecule has 6 heteroatoms. The number of fused-ring (bicyclic) bond motifs is 1. The van der Waals surface area contributed by atoms with Crippen LogP contribution in [0.1, 0.15) is 24.4 Å². The second kappa shape index (κ2) is 5.35. The van der Waals surface area contributed by atoms with Crippen molar-refractivity contribution in [1.82, 2.24) is 0 Å². The molecule has 0 spiro atoms. The molecule has 5 nitrogen and oxygen atoms in total. The molecule has 2 aliphatic heterocycles. The minimum Gasteiger partial charge on any atom is -0.396 e. The van der Waals surface area contributed by atoms with E-state index in [9.17, 15) is 4.79 Å². The van der Waals surface area contributed by atoms with Gasteiger partial charge in [0.15, 0.2) is 0 Å². The molecule has 2 atom stereocenters. The van der Waals surface area contributed by atoms with E-state index in [1.807, 2.05) is 12.1 Å². The van der Waals surface area contributed by atoms with E-state index in [-0.39, 0.29) is 12.5 Å². The zero-order chi connectivity index (χ0) is 14.3. The first-order valence-electron chi connectivity index (χ1n) is 6.86. The molecule has 1 saturated heterocycles. The molecule has 0 aromatic heterocycles. The highest BCUT2D eigenvalue weighted by Gasteiger charge is 2.30. The summed E-state index contributed by atoms with van der Waals surface area (Å²) in [7, 11) is 0. The van der Waals surface area contributed by atoms with Crippen molar-refractivity contribution >= 4 is 33.2 Å². The summed E-state index contributed by atoms with van der Waals surface area (Å²) in [6.45, 7) is 2.16. The standard InChI is InChI=1S/C14H18BrN3O2/c15-10-5-9-11(17-14(20)13(9)16)6-12(10)18-3-1-8(7-18)2-4-19/h5-6,8,13,19H,1-4,7,16H2,(H,17,20). The van der Waals surface area contributed by atoms with Crippen LogP contribution in [0.3, 0.4) is 0 Å². The lowest BCUT2D eigenvalue weighted by Gasteiger charge is -2.21. The maximum atomic E-state index is 11.6. The number of nitrogens with zero attached hydrogens (tertiary/aromatic N) is 1. The summed E-state index contributed by atoms with van der Waals surface area (Å²) in [6, 6.07) is 3.36. The summed E-state index contributed by atoms with van der Waals surface area (Å²) >= 11 is 3.58. The van der Waals surface area contributed by atoms with Crippen LogP contribution in [-0.4, -0.2) is 30.7 Å². The number of halogens is 1. The van der Waals surface area contributed by atoms with Crippen molar-refractivity contribution in [3.63, 3.8) is 0 Å². The monoisotopic (exact) mass is 339 g/mol. The fourth-order valence-electron chi connectivity index (χ4n) is 3.01. The topological polar surface area (TPSA) is 78.6 Å². The molecule has 2 unspecified atom stereocenters. The van der Waals surface area contributed by atoms with Gasteiger partial charge in [0.25, 0.3) is 0 Å². The Kier molecular flexibility index (Phi) is 3.70. The van der Waals surface area contributed by atoms with Crippen LogP contribution in [0.25, 0.3) is 0 Å². The van der Waals surface area contributed by atoms with E-state index < -0.39 is 6.04 Å². The van der Waals surface area contributed by atoms with Gasteiger partial charge in [0, 0.05) is 35.4 Å². The molecule has 1 aromatic rings. The smallest absolute Gasteiger partial charge is 0.245 e. The van der Waals surface area contributed by atoms with Crippen LogP contribution in [-0.2, 0) is 4.79 Å². The highest BCUT2D eigenvalue weighted by atomic mass is 79.9. The average molecular weight is 340 g/mol. The van der Waals surface area contributed by atoms with Gasteiger partial charge in [-0.3, -0.25) is 4.79 Å². The molecule has 4 N–H and O–H groups in total. The van der Waals surface area contributed by atoms with Gasteiger partial charge < -0.3 is 21.1 Å². The van der Waals surface area contributed by atoms with E-state index >= 15 is 0 Å². The normalized spacial score (nSPS) is 24.9. The molecule has 20 heavy (non-hydrogen) atoms. The number of anilines is 2. The summed E-state index contributed by atoms with van der Waals surface area (Å²) < 4.78 is 0.966. The van der Waals surface area contributed by atoms with E-state index in [1.165, 1.54) is 0 Å². The maximum absolute atomic E-state index is 11.6. The molecule has 1 fully saturated rings. The van der Waals surface area contributed by atoms with Crippen molar-refractivity contribution in [2.45, 2.75) is 18.9 Å². The average Bonchev–Trinajstić information content (AvgIpc) is 2.97. The van der Waals surface area contributed by atoms with Crippen LogP contribution in [0.15, 0.2) is 16.6 Å². The summed E-state index contributed by atoms with van der Waals surface area (Å²) in [5.74, 6) is 0.389. The largest absolute Gasteiger partial charge is 0.396 e. The van der Waals surface area contributed by atoms with E-state index in [4.69, 9.17) is 10.8 Å². The summed E-state index contributed by atoms with van der Waals surface area (Å²) in [6.07, 6.45) is 1.94. The Morgan fingerprint density at radius 1 is 1.50 bits per heavy atom. The molecule has 0 saturated carbocycles. The van der Waals surface area contributed by atoms with Crippen molar-refractivity contribution in [2.75, 3.05) is 29.9 Å². The van der Waals surface area contributed by atoms with Gasteiger partial charge in [-0.1, -0.05) is 0 Å². The fraction of sp³-hybridized carbons (Fsp3) is 0.500. The number of rotatable bonds is 3. The number of nitrogens with one attached hydrogen (secondary N) is 1. The van der Waals surface area contributed by atoms with E-state index in [0.29, 0.717) is 5.92 Å². The third-order valence-corrected chi connectivity index (χ3v) is 4.79. The lowest BCUT2D eigenvalue weighted by Crippen LogP contribution is -2.20. The minimum absolute atomic E-state index is 0.149. The van der Waals surface area contributed by atoms with Crippen LogP contribution in [0.4, 0.5) is 11.4 Å². The van der Waals surface area contributed by atoms with E-state index in [0.717, 1.165) is 47.3 Å². The number of carbonyl (C=O) groups excluding carboxylic acids is 1. The van der Waals surface area contributed by atoms with E-state index in [2.05, 4.69) is 26.1 Å². The van der Waals surface area contributed by atoms with Gasteiger partial charge in [-0.25, -0.2) is 0 Å². The van der Waals surface area contributed by atoms with Gasteiger partial charge in [0.05, 0.1) is 5.69 Å². The predicted molar refractivity (Wildman–Crippen MR) is 81.7 cm³/mol. The number of hydrogen-bond acceptors (Lipinski definition) is 4. The highest BCUT2D eigenvalue weighted by Crippen LogP contribution is 2.39. The predicted octanol–water partition coefficient (Wildman–Crippen LogP) is 1.61. The first-order valence-corrected chi connectivity index (χ1v) is 7.65. The second-order valence-electron chi connectivity index (χ2n) is 5.47. The lowest BCUT2D eigenvalue weighted by molar-refractivity contribution is -0.116. The number of amides is 1. The van der Waals surface area contributed by atoms with Crippen molar-refractivity contribution < 1.29 is 9.90 Å². The molecule has 3 rings (SSSR count). The van der Waals surface area contributed by atoms with Crippen molar-refractivity contribution in [1.29, 1.82) is 0 Å². The van der Waals surface area contributed by atoms with Crippen LogP contribution in [0.2, 0.25) is 0 Å². The molecule has 0 bridgehead atoms. The summed E-state index contributed by atoms with van der Waals surface area (Å²) in [4.78, 5) is 13.9. The van der Waals surface area contributed by atoms with Crippen LogP contribution in [0.5, 0.6) is 0 Å². The molecule has 0 radical (unpaired) electrons. The van der Waals surface area contributed by atoms with Crippen molar-refractivity contribution in [3.05, 3.63) is 22.2 Å². The molecule has 2 heterocycles. The van der Waals surface area contributed by atoms with E-state index in [1.54, 1.807) is 0 Å². The second-order valence-corrected chi connectivity index (χ2v) is 6.33. The summed E-state index contributed by atoms with van der Waals surface area (Å²) in [5, 5.41) is 11.9. The highest BCUT2D eigenvalue weighted by molar-refractivity contribution is 9.10. The molecule has 1 amide bonds. The molecule has 2 aliphatic rings. The number of benzene rings is 1. The third kappa shape index (κ3) is 2.32. The van der Waals surface area contributed by atoms with Crippen LogP contribution in [0, 0.1) is 5.92 Å². The fourth-order valence-corrected chi connectivity index (χ4v) is 3.62. The van der Waals surface area contributed by atoms with Gasteiger partial charge in [0.1, 0.15) is 6.04 Å². The van der Waals surface area contributed by atoms with Gasteiger partial charge >= 0.3 is 0 Å². The summed E-state index contributed by atoms with van der Waals surface area (Å²) in [5.41, 5.74) is 8.59. The molecular weight excluding hydrogens is 322 g/mol. The number of aliphatic hydroxyl groups is 1. The quantitative estimate of drug-likeness (QED) is 0.781. The van der Waals surface area contributed by atoms with Gasteiger partial charge in [0.2, 0.25) is 5.91 Å². The van der Waals surface area contributed by atoms with Crippen LogP contribution < -0.4 is 16.0 Å². The van der Waals surface area contributed by atoms with Crippen molar-refractivity contribution in [2.24, 2.45) is 11.7 Å². The maximum Gasteiger partial charge on any atom is 0.245 e. The third-order valence-electron chi connectivity index (χ3n) is 4.16. The zero-order valence-corrected chi connectivity index (χ0v) is 12.7. The Hall–Kier alpha value is -1.11.